The molecule has 1 N–H and O–H groups in total. The second kappa shape index (κ2) is 8.56. The zero-order valence-electron chi connectivity index (χ0n) is 16.1. The van der Waals surface area contributed by atoms with Crippen LogP contribution in [0.2, 0.25) is 0 Å². The predicted octanol–water partition coefficient (Wildman–Crippen LogP) is 4.15. The van der Waals surface area contributed by atoms with Crippen LogP contribution in [0.15, 0.2) is 26.3 Å². The number of nitrogens with zero attached hydrogens (tertiary/aromatic N) is 3. The van der Waals surface area contributed by atoms with Gasteiger partial charge in [0.2, 0.25) is 0 Å². The van der Waals surface area contributed by atoms with E-state index in [1.54, 1.807) is 27.7 Å². The fraction of sp³-hybridized carbons (Fsp3) is 0.471. The molecule has 0 bridgehead atoms. The molecule has 28 heavy (non-hydrogen) atoms. The zero-order chi connectivity index (χ0) is 21.2. The monoisotopic (exact) mass is 478 g/mol. The van der Waals surface area contributed by atoms with Crippen LogP contribution in [0.1, 0.15) is 32.2 Å². The van der Waals surface area contributed by atoms with Gasteiger partial charge in [-0.2, -0.15) is 13.9 Å². The Balaban J connectivity index is 2.22. The number of amides is 1. The van der Waals surface area contributed by atoms with Crippen LogP contribution in [0.5, 0.6) is 0 Å². The van der Waals surface area contributed by atoms with Crippen molar-refractivity contribution in [1.29, 1.82) is 0 Å². The number of halogens is 3. The molecule has 0 aliphatic rings. The lowest BCUT2D eigenvalue weighted by molar-refractivity contribution is 0.0531. The van der Waals surface area contributed by atoms with E-state index in [-0.39, 0.29) is 0 Å². The lowest BCUT2D eigenvalue weighted by Gasteiger charge is -2.19. The van der Waals surface area contributed by atoms with Crippen molar-refractivity contribution < 1.29 is 18.3 Å². The molecule has 0 atom stereocenters. The smallest absolute Gasteiger partial charge is 0.407 e. The fourth-order valence-electron chi connectivity index (χ4n) is 2.37. The summed E-state index contributed by atoms with van der Waals surface area (Å²) in [4.78, 5) is 24.4. The molecule has 0 aliphatic heterocycles. The summed E-state index contributed by atoms with van der Waals surface area (Å²) in [6.07, 6.45) is -2.80. The number of hydrogen-bond acceptors (Lipinski definition) is 5. The van der Waals surface area contributed by atoms with Crippen molar-refractivity contribution in [2.75, 3.05) is 6.54 Å². The molecule has 1 amide bonds. The van der Waals surface area contributed by atoms with Gasteiger partial charge in [-0.05, 0) is 62.2 Å². The van der Waals surface area contributed by atoms with Crippen molar-refractivity contribution in [3.05, 3.63) is 43.4 Å². The third-order valence-electron chi connectivity index (χ3n) is 3.52. The van der Waals surface area contributed by atoms with E-state index in [9.17, 15) is 18.4 Å². The first-order valence-corrected chi connectivity index (χ1v) is 9.92. The topological polar surface area (TPSA) is 78.2 Å². The van der Waals surface area contributed by atoms with Crippen molar-refractivity contribution >= 4 is 33.4 Å². The van der Waals surface area contributed by atoms with Crippen LogP contribution in [0.4, 0.5) is 13.6 Å². The molecule has 154 valence electrons. The van der Waals surface area contributed by atoms with Crippen LogP contribution < -0.4 is 11.0 Å². The summed E-state index contributed by atoms with van der Waals surface area (Å²) in [6, 6.07) is 1.86. The zero-order valence-corrected chi connectivity index (χ0v) is 18.5. The van der Waals surface area contributed by atoms with E-state index in [0.29, 0.717) is 10.8 Å². The quantitative estimate of drug-likeness (QED) is 0.699. The van der Waals surface area contributed by atoms with Crippen LogP contribution in [0, 0.1) is 13.8 Å². The molecule has 0 spiro atoms. The number of thiophene rings is 1. The SMILES string of the molecule is Cc1cc(Br)sc1-n1c(C)nn(CC(CNC(=O)OC(C)(C)C)=C(F)F)c1=O. The average molecular weight is 479 g/mol. The van der Waals surface area contributed by atoms with E-state index in [2.05, 4.69) is 26.3 Å². The Labute approximate surface area is 173 Å². The molecule has 7 nitrogen and oxygen atoms in total. The van der Waals surface area contributed by atoms with Gasteiger partial charge in [-0.1, -0.05) is 0 Å². The summed E-state index contributed by atoms with van der Waals surface area (Å²) in [5.74, 6) is 0.376. The van der Waals surface area contributed by atoms with Gasteiger partial charge in [0.15, 0.2) is 0 Å². The lowest BCUT2D eigenvalue weighted by Crippen LogP contribution is -2.35. The van der Waals surface area contributed by atoms with E-state index < -0.39 is 42.1 Å². The second-order valence-corrected chi connectivity index (χ2v) is 9.49. The Morgan fingerprint density at radius 2 is 2.00 bits per heavy atom. The van der Waals surface area contributed by atoms with Crippen molar-refractivity contribution in [3.8, 4) is 5.00 Å². The molecule has 2 rings (SSSR count). The molecule has 0 unspecified atom stereocenters. The summed E-state index contributed by atoms with van der Waals surface area (Å²) in [5.41, 5.74) is -0.852. The first kappa shape index (κ1) is 22.3. The second-order valence-electron chi connectivity index (χ2n) is 7.08. The molecule has 2 heterocycles. The van der Waals surface area contributed by atoms with Crippen LogP contribution in [-0.4, -0.2) is 32.6 Å². The van der Waals surface area contributed by atoms with E-state index in [4.69, 9.17) is 4.74 Å². The Bertz CT molecular complexity index is 968. The minimum Gasteiger partial charge on any atom is -0.444 e. The molecule has 0 aliphatic carbocycles. The highest BCUT2D eigenvalue weighted by atomic mass is 79.9. The van der Waals surface area contributed by atoms with Crippen LogP contribution in [0.3, 0.4) is 0 Å². The van der Waals surface area contributed by atoms with Crippen LogP contribution in [0.25, 0.3) is 5.00 Å². The number of carbonyl (C=O) groups excluding carboxylic acids is 1. The van der Waals surface area contributed by atoms with Crippen molar-refractivity contribution in [2.45, 2.75) is 46.8 Å². The maximum Gasteiger partial charge on any atom is 0.407 e. The van der Waals surface area contributed by atoms with Crippen molar-refractivity contribution in [2.24, 2.45) is 0 Å². The Morgan fingerprint density at radius 3 is 2.50 bits per heavy atom. The number of nitrogens with one attached hydrogen (secondary N) is 1. The molecular weight excluding hydrogens is 458 g/mol. The third-order valence-corrected chi connectivity index (χ3v) is 5.24. The summed E-state index contributed by atoms with van der Waals surface area (Å²) in [7, 11) is 0. The molecule has 11 heteroatoms. The van der Waals surface area contributed by atoms with Gasteiger partial charge in [0, 0.05) is 12.1 Å². The first-order valence-electron chi connectivity index (χ1n) is 8.31. The number of aromatic nitrogens is 3. The molecule has 0 aromatic carbocycles. The minimum absolute atomic E-state index is 0.376. The van der Waals surface area contributed by atoms with E-state index >= 15 is 0 Å². The molecule has 0 saturated carbocycles. The molecule has 0 saturated heterocycles. The summed E-state index contributed by atoms with van der Waals surface area (Å²) < 4.78 is 34.9. The van der Waals surface area contributed by atoms with Crippen molar-refractivity contribution in [3.63, 3.8) is 0 Å². The van der Waals surface area contributed by atoms with Gasteiger partial charge in [-0.3, -0.25) is 0 Å². The first-order chi connectivity index (χ1) is 12.9. The number of rotatable bonds is 5. The van der Waals surface area contributed by atoms with Gasteiger partial charge in [0.1, 0.15) is 16.4 Å². The molecular formula is C17H21BrF2N4O3S. The van der Waals surface area contributed by atoms with Crippen molar-refractivity contribution in [1.82, 2.24) is 19.7 Å². The number of carbonyl (C=O) groups is 1. The van der Waals surface area contributed by atoms with E-state index in [0.717, 1.165) is 14.0 Å². The largest absolute Gasteiger partial charge is 0.444 e. The normalized spacial score (nSPS) is 11.4. The van der Waals surface area contributed by atoms with Gasteiger partial charge in [0.05, 0.1) is 10.3 Å². The number of alkyl carbamates (subject to hydrolysis) is 1. The lowest BCUT2D eigenvalue weighted by atomic mass is 10.2. The highest BCUT2D eigenvalue weighted by molar-refractivity contribution is 9.11. The Kier molecular flexibility index (Phi) is 6.81. The number of hydrogen-bond donors (Lipinski definition) is 1. The molecule has 0 fully saturated rings. The summed E-state index contributed by atoms with van der Waals surface area (Å²) >= 11 is 4.71. The van der Waals surface area contributed by atoms with Gasteiger partial charge in [-0.15, -0.1) is 11.3 Å². The predicted molar refractivity (Wildman–Crippen MR) is 106 cm³/mol. The highest BCUT2D eigenvalue weighted by Crippen LogP contribution is 2.29. The maximum absolute atomic E-state index is 13.3. The van der Waals surface area contributed by atoms with Gasteiger partial charge < -0.3 is 10.1 Å². The Morgan fingerprint density at radius 1 is 1.36 bits per heavy atom. The summed E-state index contributed by atoms with van der Waals surface area (Å²) in [6.45, 7) is 7.56. The molecule has 2 aromatic heterocycles. The van der Waals surface area contributed by atoms with Gasteiger partial charge >= 0.3 is 11.8 Å². The average Bonchev–Trinajstić information content (AvgIpc) is 2.99. The number of ether oxygens (including phenoxy) is 1. The van der Waals surface area contributed by atoms with Crippen LogP contribution in [-0.2, 0) is 11.3 Å². The minimum atomic E-state index is -1.98. The standard InChI is InChI=1S/C17H21BrF2N4O3S/c1-9-6-12(18)28-14(9)24-10(2)22-23(16(24)26)8-11(13(19)20)7-21-15(25)27-17(3,4)5/h6H,7-8H2,1-5H3,(H,21,25). The summed E-state index contributed by atoms with van der Waals surface area (Å²) in [5, 5.41) is 7.03. The molecule has 0 radical (unpaired) electrons. The van der Waals surface area contributed by atoms with E-state index in [1.165, 1.54) is 15.9 Å². The highest BCUT2D eigenvalue weighted by Gasteiger charge is 2.20. The number of aryl methyl sites for hydroxylation is 2. The van der Waals surface area contributed by atoms with Gasteiger partial charge in [-0.25, -0.2) is 18.8 Å². The van der Waals surface area contributed by atoms with E-state index in [1.807, 2.05) is 13.0 Å². The third kappa shape index (κ3) is 5.51. The Hall–Kier alpha value is -2.01. The molecule has 2 aromatic rings. The van der Waals surface area contributed by atoms with Gasteiger partial charge in [0.25, 0.3) is 6.08 Å². The fourth-order valence-corrected chi connectivity index (χ4v) is 4.11. The van der Waals surface area contributed by atoms with Crippen LogP contribution >= 0.6 is 27.3 Å². The maximum atomic E-state index is 13.3.